The van der Waals surface area contributed by atoms with Gasteiger partial charge in [0.05, 0.1) is 6.61 Å². The molecule has 4 heteroatoms. The Morgan fingerprint density at radius 1 is 1.57 bits per heavy atom. The van der Waals surface area contributed by atoms with Crippen molar-refractivity contribution in [2.45, 2.75) is 6.92 Å². The minimum Gasteiger partial charge on any atom is -0.463 e. The lowest BCUT2D eigenvalue weighted by molar-refractivity contribution is -0.138. The quantitative estimate of drug-likeness (QED) is 0.476. The lowest BCUT2D eigenvalue weighted by Gasteiger charge is -2.16. The van der Waals surface area contributed by atoms with Gasteiger partial charge in [-0.05, 0) is 20.2 Å². The average Bonchev–Trinajstić information content (AvgIpc) is 2.15. The first kappa shape index (κ1) is 13.5. The summed E-state index contributed by atoms with van der Waals surface area (Å²) in [6.45, 7) is 7.44. The van der Waals surface area contributed by atoms with Crippen molar-refractivity contribution in [2.75, 3.05) is 38.8 Å². The molecule has 0 fully saturated rings. The molecule has 0 amide bonds. The molecule has 0 heterocycles. The highest BCUT2D eigenvalue weighted by Crippen LogP contribution is 1.99. The molecular formula is C10H19NO2S. The van der Waals surface area contributed by atoms with E-state index in [4.69, 9.17) is 4.74 Å². The summed E-state index contributed by atoms with van der Waals surface area (Å²) in [5, 5.41) is 0. The second kappa shape index (κ2) is 7.88. The van der Waals surface area contributed by atoms with Crippen LogP contribution in [0.3, 0.4) is 0 Å². The molecule has 0 aliphatic rings. The second-order valence-corrected chi connectivity index (χ2v) is 4.04. The molecule has 0 unspecified atom stereocenters. The van der Waals surface area contributed by atoms with Crippen LogP contribution in [0.15, 0.2) is 12.2 Å². The van der Waals surface area contributed by atoms with Gasteiger partial charge < -0.3 is 9.64 Å². The van der Waals surface area contributed by atoms with E-state index >= 15 is 0 Å². The predicted octanol–water partition coefficient (Wildman–Crippen LogP) is 1.40. The number of likely N-dealkylation sites (N-methyl/N-ethyl adjacent to an activating group) is 1. The largest absolute Gasteiger partial charge is 0.463 e. The van der Waals surface area contributed by atoms with Crippen LogP contribution in [-0.4, -0.2) is 49.6 Å². The van der Waals surface area contributed by atoms with E-state index in [-0.39, 0.29) is 5.97 Å². The van der Waals surface area contributed by atoms with Crippen molar-refractivity contribution in [3.05, 3.63) is 12.2 Å². The maximum Gasteiger partial charge on any atom is 0.334 e. The Balaban J connectivity index is 3.75. The third-order valence-electron chi connectivity index (χ3n) is 1.70. The summed E-state index contributed by atoms with van der Waals surface area (Å²) in [5.74, 6) is 0.774. The highest BCUT2D eigenvalue weighted by atomic mass is 32.2. The third kappa shape index (κ3) is 6.05. The Labute approximate surface area is 90.5 Å². The fraction of sp³-hybridized carbons (Fsp3) is 0.700. The SMILES string of the molecule is C=C(CN(C)CCSC)C(=O)OCC. The summed E-state index contributed by atoms with van der Waals surface area (Å²) in [7, 11) is 1.97. The van der Waals surface area contributed by atoms with E-state index < -0.39 is 0 Å². The van der Waals surface area contributed by atoms with E-state index in [1.54, 1.807) is 18.7 Å². The van der Waals surface area contributed by atoms with Gasteiger partial charge in [0.15, 0.2) is 0 Å². The van der Waals surface area contributed by atoms with Crippen molar-refractivity contribution in [2.24, 2.45) is 0 Å². The highest BCUT2D eigenvalue weighted by Gasteiger charge is 2.09. The number of nitrogens with zero attached hydrogens (tertiary/aromatic N) is 1. The molecule has 0 spiro atoms. The van der Waals surface area contributed by atoms with E-state index in [1.165, 1.54) is 0 Å². The normalized spacial score (nSPS) is 10.3. The number of rotatable bonds is 7. The standard InChI is InChI=1S/C10H19NO2S/c1-5-13-10(12)9(2)8-11(3)6-7-14-4/h2,5-8H2,1,3-4H3. The summed E-state index contributed by atoms with van der Waals surface area (Å²) >= 11 is 1.79. The molecular weight excluding hydrogens is 198 g/mol. The Bertz CT molecular complexity index is 195. The van der Waals surface area contributed by atoms with Gasteiger partial charge in [-0.2, -0.15) is 11.8 Å². The van der Waals surface area contributed by atoms with Crippen LogP contribution in [0.4, 0.5) is 0 Å². The van der Waals surface area contributed by atoms with Gasteiger partial charge >= 0.3 is 5.97 Å². The molecule has 14 heavy (non-hydrogen) atoms. The van der Waals surface area contributed by atoms with Crippen LogP contribution in [-0.2, 0) is 9.53 Å². The number of esters is 1. The third-order valence-corrected chi connectivity index (χ3v) is 2.29. The van der Waals surface area contributed by atoms with E-state index in [0.29, 0.717) is 18.7 Å². The summed E-state index contributed by atoms with van der Waals surface area (Å²) in [6, 6.07) is 0. The van der Waals surface area contributed by atoms with E-state index in [9.17, 15) is 4.79 Å². The van der Waals surface area contributed by atoms with Gasteiger partial charge in [-0.3, -0.25) is 0 Å². The highest BCUT2D eigenvalue weighted by molar-refractivity contribution is 7.98. The predicted molar refractivity (Wildman–Crippen MR) is 61.7 cm³/mol. The monoisotopic (exact) mass is 217 g/mol. The van der Waals surface area contributed by atoms with Crippen LogP contribution in [0.5, 0.6) is 0 Å². The smallest absolute Gasteiger partial charge is 0.334 e. The molecule has 0 saturated heterocycles. The first-order valence-electron chi connectivity index (χ1n) is 4.64. The fourth-order valence-corrected chi connectivity index (χ4v) is 1.44. The van der Waals surface area contributed by atoms with Crippen LogP contribution < -0.4 is 0 Å². The van der Waals surface area contributed by atoms with Crippen LogP contribution in [0.1, 0.15) is 6.92 Å². The van der Waals surface area contributed by atoms with Crippen LogP contribution in [0.25, 0.3) is 0 Å². The van der Waals surface area contributed by atoms with Gasteiger partial charge in [-0.1, -0.05) is 6.58 Å². The van der Waals surface area contributed by atoms with Crippen molar-refractivity contribution in [1.82, 2.24) is 4.90 Å². The molecule has 0 N–H and O–H groups in total. The lowest BCUT2D eigenvalue weighted by Crippen LogP contribution is -2.26. The van der Waals surface area contributed by atoms with Crippen LogP contribution in [0, 0.1) is 0 Å². The van der Waals surface area contributed by atoms with Crippen LogP contribution >= 0.6 is 11.8 Å². The van der Waals surface area contributed by atoms with E-state index in [2.05, 4.69) is 17.7 Å². The van der Waals surface area contributed by atoms with Gasteiger partial charge in [0.2, 0.25) is 0 Å². The Kier molecular flexibility index (Phi) is 7.61. The first-order chi connectivity index (χ1) is 6.61. The number of thioether (sulfide) groups is 1. The molecule has 0 aromatic heterocycles. The summed E-state index contributed by atoms with van der Waals surface area (Å²) < 4.78 is 4.84. The Morgan fingerprint density at radius 3 is 2.71 bits per heavy atom. The number of hydrogen-bond donors (Lipinski definition) is 0. The Hall–Kier alpha value is -0.480. The van der Waals surface area contributed by atoms with Crippen molar-refractivity contribution in [3.63, 3.8) is 0 Å². The number of ether oxygens (including phenoxy) is 1. The van der Waals surface area contributed by atoms with Gasteiger partial charge in [0.1, 0.15) is 0 Å². The average molecular weight is 217 g/mol. The molecule has 0 aromatic rings. The van der Waals surface area contributed by atoms with Gasteiger partial charge in [0, 0.05) is 24.4 Å². The number of hydrogen-bond acceptors (Lipinski definition) is 4. The second-order valence-electron chi connectivity index (χ2n) is 3.05. The Morgan fingerprint density at radius 2 is 2.21 bits per heavy atom. The summed E-state index contributed by atoms with van der Waals surface area (Å²) in [4.78, 5) is 13.3. The first-order valence-corrected chi connectivity index (χ1v) is 6.03. The molecule has 0 aliphatic heterocycles. The van der Waals surface area contributed by atoms with E-state index in [1.807, 2.05) is 7.05 Å². The molecule has 0 bridgehead atoms. The lowest BCUT2D eigenvalue weighted by atomic mass is 10.3. The molecule has 0 atom stereocenters. The van der Waals surface area contributed by atoms with Gasteiger partial charge in [0.25, 0.3) is 0 Å². The fourth-order valence-electron chi connectivity index (χ4n) is 0.950. The topological polar surface area (TPSA) is 29.5 Å². The molecule has 0 rings (SSSR count). The maximum absolute atomic E-state index is 11.2. The van der Waals surface area contributed by atoms with Gasteiger partial charge in [-0.25, -0.2) is 4.79 Å². The zero-order valence-electron chi connectivity index (χ0n) is 9.21. The van der Waals surface area contributed by atoms with Gasteiger partial charge in [-0.15, -0.1) is 0 Å². The van der Waals surface area contributed by atoms with Crippen molar-refractivity contribution in [3.8, 4) is 0 Å². The summed E-state index contributed by atoms with van der Waals surface area (Å²) in [6.07, 6.45) is 2.06. The number of carbonyl (C=O) groups excluding carboxylic acids is 1. The zero-order valence-corrected chi connectivity index (χ0v) is 10.0. The minimum absolute atomic E-state index is 0.288. The summed E-state index contributed by atoms with van der Waals surface area (Å²) in [5.41, 5.74) is 0.524. The number of carbonyl (C=O) groups is 1. The van der Waals surface area contributed by atoms with Crippen LogP contribution in [0.2, 0.25) is 0 Å². The van der Waals surface area contributed by atoms with Crippen molar-refractivity contribution in [1.29, 1.82) is 0 Å². The van der Waals surface area contributed by atoms with E-state index in [0.717, 1.165) is 12.3 Å². The van der Waals surface area contributed by atoms with Crippen molar-refractivity contribution >= 4 is 17.7 Å². The molecule has 0 aromatic carbocycles. The molecule has 0 aliphatic carbocycles. The molecule has 0 radical (unpaired) electrons. The molecule has 3 nitrogen and oxygen atoms in total. The maximum atomic E-state index is 11.2. The zero-order chi connectivity index (χ0) is 11.0. The molecule has 82 valence electrons. The minimum atomic E-state index is -0.288. The molecule has 0 saturated carbocycles. The van der Waals surface area contributed by atoms with Crippen molar-refractivity contribution < 1.29 is 9.53 Å².